The molecule has 0 saturated carbocycles. The van der Waals surface area contributed by atoms with Gasteiger partial charge in [-0.3, -0.25) is 9.78 Å². The number of hydrogen-bond acceptors (Lipinski definition) is 6. The van der Waals surface area contributed by atoms with Crippen LogP contribution in [0.15, 0.2) is 42.6 Å². The summed E-state index contributed by atoms with van der Waals surface area (Å²) in [4.78, 5) is 28.3. The minimum atomic E-state index is -0.900. The fraction of sp³-hybridized carbons (Fsp3) is 0.150. The Bertz CT molecular complexity index is 1090. The quantitative estimate of drug-likeness (QED) is 0.671. The average Bonchev–Trinajstić information content (AvgIpc) is 2.68. The molecule has 0 atom stereocenters. The van der Waals surface area contributed by atoms with E-state index in [1.165, 1.54) is 26.2 Å². The predicted octanol–water partition coefficient (Wildman–Crippen LogP) is 4.13. The summed E-state index contributed by atoms with van der Waals surface area (Å²) < 4.78 is 16.6. The van der Waals surface area contributed by atoms with Gasteiger partial charge in [0, 0.05) is 24.6 Å². The van der Waals surface area contributed by atoms with Crippen LogP contribution < -0.4 is 24.8 Å². The Morgan fingerprint density at radius 3 is 2.28 bits per heavy atom. The molecule has 3 amide bonds. The highest BCUT2D eigenvalue weighted by molar-refractivity contribution is 6.32. The van der Waals surface area contributed by atoms with Gasteiger partial charge in [0.15, 0.2) is 11.5 Å². The first-order chi connectivity index (χ1) is 13.8. The molecule has 1 heterocycles. The van der Waals surface area contributed by atoms with Gasteiger partial charge in [-0.2, -0.15) is 0 Å². The van der Waals surface area contributed by atoms with Crippen molar-refractivity contribution in [3.8, 4) is 23.0 Å². The Balaban J connectivity index is 2.01. The number of amides is 3. The van der Waals surface area contributed by atoms with E-state index in [1.807, 2.05) is 0 Å². The van der Waals surface area contributed by atoms with E-state index in [4.69, 9.17) is 31.5 Å². The number of primary amides is 1. The van der Waals surface area contributed by atoms with Crippen LogP contribution in [-0.2, 0) is 4.79 Å². The van der Waals surface area contributed by atoms with Gasteiger partial charge < -0.3 is 19.9 Å². The van der Waals surface area contributed by atoms with Crippen LogP contribution in [0.5, 0.6) is 23.0 Å². The normalized spacial score (nSPS) is 10.5. The molecule has 0 unspecified atom stereocenters. The van der Waals surface area contributed by atoms with Gasteiger partial charge in [0.25, 0.3) is 0 Å². The standard InChI is InChI=1S/C20H18ClN3O5/c1-11(25)24(20(22)26)12-4-5-17(14(21)8-12)29-16-6-7-23-15-10-19(28-3)18(27-2)9-13(15)16/h4-10H,1-3H3,(H2,22,26). The molecule has 0 spiro atoms. The molecule has 0 saturated heterocycles. The minimum Gasteiger partial charge on any atom is -0.493 e. The molecule has 0 aliphatic rings. The lowest BCUT2D eigenvalue weighted by atomic mass is 10.2. The number of hydrogen-bond donors (Lipinski definition) is 1. The first-order valence-corrected chi connectivity index (χ1v) is 8.81. The molecule has 3 aromatic rings. The number of ether oxygens (including phenoxy) is 3. The van der Waals surface area contributed by atoms with Crippen molar-refractivity contribution in [1.82, 2.24) is 4.98 Å². The van der Waals surface area contributed by atoms with E-state index >= 15 is 0 Å². The van der Waals surface area contributed by atoms with Gasteiger partial charge in [0.1, 0.15) is 11.5 Å². The number of pyridine rings is 1. The van der Waals surface area contributed by atoms with Crippen molar-refractivity contribution in [2.75, 3.05) is 19.1 Å². The number of aromatic nitrogens is 1. The number of methoxy groups -OCH3 is 2. The second-order valence-corrected chi connectivity index (χ2v) is 6.35. The van der Waals surface area contributed by atoms with Crippen molar-refractivity contribution in [2.24, 2.45) is 5.73 Å². The van der Waals surface area contributed by atoms with Gasteiger partial charge in [-0.05, 0) is 30.3 Å². The lowest BCUT2D eigenvalue weighted by Gasteiger charge is -2.18. The fourth-order valence-corrected chi connectivity index (χ4v) is 3.04. The van der Waals surface area contributed by atoms with E-state index in [1.54, 1.807) is 37.6 Å². The van der Waals surface area contributed by atoms with Crippen molar-refractivity contribution < 1.29 is 23.8 Å². The SMILES string of the molecule is COc1cc2nccc(Oc3ccc(N(C(C)=O)C(N)=O)cc3Cl)c2cc1OC. The molecule has 0 radical (unpaired) electrons. The zero-order valence-electron chi connectivity index (χ0n) is 15.9. The fourth-order valence-electron chi connectivity index (χ4n) is 2.83. The van der Waals surface area contributed by atoms with E-state index in [0.29, 0.717) is 33.9 Å². The van der Waals surface area contributed by atoms with Gasteiger partial charge in [-0.1, -0.05) is 11.6 Å². The maximum atomic E-state index is 11.7. The highest BCUT2D eigenvalue weighted by atomic mass is 35.5. The molecule has 0 aliphatic carbocycles. The summed E-state index contributed by atoms with van der Waals surface area (Å²) in [6.07, 6.45) is 1.59. The highest BCUT2D eigenvalue weighted by Crippen LogP contribution is 2.39. The van der Waals surface area contributed by atoms with Gasteiger partial charge in [-0.25, -0.2) is 9.69 Å². The summed E-state index contributed by atoms with van der Waals surface area (Å²) in [5.41, 5.74) is 6.14. The summed E-state index contributed by atoms with van der Waals surface area (Å²) >= 11 is 6.31. The van der Waals surface area contributed by atoms with Gasteiger partial charge in [0.05, 0.1) is 30.4 Å². The first kappa shape index (κ1) is 20.2. The van der Waals surface area contributed by atoms with Crippen LogP contribution in [0, 0.1) is 0 Å². The highest BCUT2D eigenvalue weighted by Gasteiger charge is 2.19. The topological polar surface area (TPSA) is 104 Å². The predicted molar refractivity (Wildman–Crippen MR) is 109 cm³/mol. The van der Waals surface area contributed by atoms with Crippen molar-refractivity contribution in [3.63, 3.8) is 0 Å². The number of nitrogens with zero attached hydrogens (tertiary/aromatic N) is 2. The third kappa shape index (κ3) is 4.02. The molecule has 2 N–H and O–H groups in total. The lowest BCUT2D eigenvalue weighted by molar-refractivity contribution is -0.115. The second-order valence-electron chi connectivity index (χ2n) is 5.94. The van der Waals surface area contributed by atoms with Gasteiger partial charge in [-0.15, -0.1) is 0 Å². The molecular weight excluding hydrogens is 398 g/mol. The first-order valence-electron chi connectivity index (χ1n) is 8.44. The maximum Gasteiger partial charge on any atom is 0.326 e. The van der Waals surface area contributed by atoms with Crippen LogP contribution >= 0.6 is 11.6 Å². The van der Waals surface area contributed by atoms with Crippen molar-refractivity contribution in [2.45, 2.75) is 6.92 Å². The van der Waals surface area contributed by atoms with Crippen molar-refractivity contribution >= 4 is 40.1 Å². The smallest absolute Gasteiger partial charge is 0.326 e. The lowest BCUT2D eigenvalue weighted by Crippen LogP contribution is -2.39. The van der Waals surface area contributed by atoms with Crippen LogP contribution in [0.2, 0.25) is 5.02 Å². The van der Waals surface area contributed by atoms with Crippen LogP contribution in [0.25, 0.3) is 10.9 Å². The Labute approximate surface area is 171 Å². The summed E-state index contributed by atoms with van der Waals surface area (Å²) in [5, 5.41) is 0.883. The Hall–Kier alpha value is -3.52. The number of nitrogens with two attached hydrogens (primary N) is 1. The monoisotopic (exact) mass is 415 g/mol. The summed E-state index contributed by atoms with van der Waals surface area (Å²) in [6.45, 7) is 1.23. The molecule has 9 heteroatoms. The average molecular weight is 416 g/mol. The number of urea groups is 1. The Morgan fingerprint density at radius 2 is 1.69 bits per heavy atom. The number of carbonyl (C=O) groups excluding carboxylic acids is 2. The van der Waals surface area contributed by atoms with Crippen molar-refractivity contribution in [1.29, 1.82) is 0 Å². The molecule has 150 valence electrons. The zero-order chi connectivity index (χ0) is 21.1. The van der Waals surface area contributed by atoms with E-state index in [9.17, 15) is 9.59 Å². The molecular formula is C20H18ClN3O5. The van der Waals surface area contributed by atoms with E-state index in [-0.39, 0.29) is 10.7 Å². The molecule has 0 bridgehead atoms. The minimum absolute atomic E-state index is 0.195. The third-order valence-electron chi connectivity index (χ3n) is 4.14. The van der Waals surface area contributed by atoms with Crippen LogP contribution in [0.1, 0.15) is 6.92 Å². The molecule has 1 aromatic heterocycles. The largest absolute Gasteiger partial charge is 0.493 e. The Kier molecular flexibility index (Phi) is 5.74. The van der Waals surface area contributed by atoms with Crippen LogP contribution in [0.4, 0.5) is 10.5 Å². The number of rotatable bonds is 5. The van der Waals surface area contributed by atoms with E-state index < -0.39 is 11.9 Å². The summed E-state index contributed by atoms with van der Waals surface area (Å²) in [7, 11) is 3.08. The molecule has 3 rings (SSSR count). The number of carbonyl (C=O) groups is 2. The number of benzene rings is 2. The van der Waals surface area contributed by atoms with Crippen molar-refractivity contribution in [3.05, 3.63) is 47.6 Å². The second kappa shape index (κ2) is 8.24. The van der Waals surface area contributed by atoms with Crippen LogP contribution in [0.3, 0.4) is 0 Å². The summed E-state index contributed by atoms with van der Waals surface area (Å²) in [6, 6.07) is 8.76. The molecule has 29 heavy (non-hydrogen) atoms. The van der Waals surface area contributed by atoms with Gasteiger partial charge >= 0.3 is 6.03 Å². The third-order valence-corrected chi connectivity index (χ3v) is 4.43. The Morgan fingerprint density at radius 1 is 1.00 bits per heavy atom. The molecule has 0 fully saturated rings. The van der Waals surface area contributed by atoms with E-state index in [0.717, 1.165) is 4.90 Å². The summed E-state index contributed by atoms with van der Waals surface area (Å²) in [5.74, 6) is 1.36. The maximum absolute atomic E-state index is 11.7. The number of fused-ring (bicyclic) bond motifs is 1. The molecule has 0 aliphatic heterocycles. The molecule has 8 nitrogen and oxygen atoms in total. The number of imide groups is 1. The number of anilines is 1. The van der Waals surface area contributed by atoms with Gasteiger partial charge in [0.2, 0.25) is 5.91 Å². The molecule has 2 aromatic carbocycles. The zero-order valence-corrected chi connectivity index (χ0v) is 16.7. The van der Waals surface area contributed by atoms with E-state index in [2.05, 4.69) is 4.98 Å². The number of halogens is 1. The van der Waals surface area contributed by atoms with Crippen LogP contribution in [-0.4, -0.2) is 31.1 Å².